The Kier molecular flexibility index (Phi) is 9.75. The van der Waals surface area contributed by atoms with Gasteiger partial charge in [0.25, 0.3) is 5.82 Å². The van der Waals surface area contributed by atoms with Crippen molar-refractivity contribution in [3.63, 3.8) is 0 Å². The van der Waals surface area contributed by atoms with Gasteiger partial charge in [-0.15, -0.1) is 5.01 Å². The Labute approximate surface area is 459 Å². The number of pyridine rings is 2. The topological polar surface area (TPSA) is 113 Å². The number of anilines is 2. The number of furan rings is 1. The van der Waals surface area contributed by atoms with E-state index in [1.807, 2.05) is 24.4 Å². The van der Waals surface area contributed by atoms with Crippen molar-refractivity contribution in [2.24, 2.45) is 0 Å². The second-order valence-electron chi connectivity index (χ2n) is 21.2. The lowest BCUT2D eigenvalue weighted by Crippen LogP contribution is -3.11. The maximum Gasteiger partial charge on any atom is 0.256 e. The van der Waals surface area contributed by atoms with E-state index in [-0.39, 0.29) is 0 Å². The van der Waals surface area contributed by atoms with Gasteiger partial charge in [0.2, 0.25) is 11.5 Å². The quantitative estimate of drug-likeness (QED) is 0.138. The Hall–Kier alpha value is -10.2. The number of H-pyrrole nitrogens is 2. The first kappa shape index (κ1) is 44.9. The van der Waals surface area contributed by atoms with Gasteiger partial charge in [-0.3, -0.25) is 5.10 Å². The fraction of sp³-hybridized carbons (Fsp3) is 0.0870. The number of benzene rings is 7. The van der Waals surface area contributed by atoms with Crippen LogP contribution >= 0.6 is 0 Å². The Morgan fingerprint density at radius 2 is 1.46 bits per heavy atom. The van der Waals surface area contributed by atoms with Gasteiger partial charge in [0.05, 0.1) is 33.5 Å². The van der Waals surface area contributed by atoms with Crippen LogP contribution in [0.15, 0.2) is 240 Å². The van der Waals surface area contributed by atoms with Gasteiger partial charge in [0.1, 0.15) is 34.7 Å². The summed E-state index contributed by atoms with van der Waals surface area (Å²) < 4.78 is 22.4. The van der Waals surface area contributed by atoms with E-state index in [1.165, 1.54) is 5.56 Å². The molecule has 0 bridgehead atoms. The maximum atomic E-state index is 7.60. The molecule has 382 valence electrons. The van der Waals surface area contributed by atoms with E-state index in [9.17, 15) is 0 Å². The van der Waals surface area contributed by atoms with E-state index < -0.39 is 11.8 Å². The monoisotopic (exact) mass is 1040 g/mol. The van der Waals surface area contributed by atoms with Crippen molar-refractivity contribution in [3.05, 3.63) is 269 Å². The van der Waals surface area contributed by atoms with E-state index in [0.29, 0.717) is 24.5 Å². The smallest absolute Gasteiger partial charge is 0.256 e. The van der Waals surface area contributed by atoms with E-state index in [4.69, 9.17) is 29.0 Å². The van der Waals surface area contributed by atoms with Crippen LogP contribution in [0.3, 0.4) is 0 Å². The molecule has 3 N–H and O–H groups in total. The number of ether oxygens (including phenoxy) is 2. The molecule has 0 saturated heterocycles. The lowest BCUT2D eigenvalue weighted by molar-refractivity contribution is -0.772. The van der Waals surface area contributed by atoms with Crippen LogP contribution in [-0.4, -0.2) is 31.7 Å². The number of fused-ring (bicyclic) bond motifs is 8. The molecule has 12 aromatic rings. The van der Waals surface area contributed by atoms with Crippen molar-refractivity contribution >= 4 is 72.4 Å². The van der Waals surface area contributed by atoms with Gasteiger partial charge >= 0.3 is 0 Å². The molecule has 4 aliphatic heterocycles. The zero-order valence-corrected chi connectivity index (χ0v) is 43.2. The molecule has 1 aliphatic carbocycles. The number of hydrogen-bond acceptors (Lipinski definition) is 8. The third-order valence-electron chi connectivity index (χ3n) is 16.9. The standard InChI is InChI=1S/C69H48N8O3/c1-8-24-49-42(17-1)32-34-52(71-49)62-63(58-39-46-21-5-13-29-55(46)79-58)64(59-40-47-22-6-14-30-56(47)80-59)65(57-35-33-44-19-4-12-28-54(44)78-57)66-67(62)76(61-31-15-16-37-70-61)77(68-48-23-7-10-26-51(48)73-74-68)69(66,60-41-45-20-2-9-25-50(45)72-60)75-38-36-43-18-3-11-27-53(43)75/h1-18,20-35,37,39,41,59,72H,19,36,38,40H2,(H,73,74)/p+1. The highest BCUT2D eigenvalue weighted by molar-refractivity contribution is 6.02. The number of para-hydroxylation sites is 6. The molecule has 80 heavy (non-hydrogen) atoms. The number of aromatic nitrogens is 5. The molecular formula is C69H49N8O3+. The highest BCUT2D eigenvalue weighted by Gasteiger charge is 2.66. The molecule has 0 fully saturated rings. The number of allylic oxidation sites excluding steroid dienone is 6. The summed E-state index contributed by atoms with van der Waals surface area (Å²) in [4.78, 5) is 18.0. The third-order valence-corrected chi connectivity index (χ3v) is 16.9. The summed E-state index contributed by atoms with van der Waals surface area (Å²) in [6, 6.07) is 66.1. The molecule has 0 amide bonds. The fourth-order valence-electron chi connectivity index (χ4n) is 13.5. The van der Waals surface area contributed by atoms with Crippen LogP contribution in [0.1, 0.15) is 46.0 Å². The number of nitrogens with one attached hydrogen (secondary N) is 3. The van der Waals surface area contributed by atoms with Crippen molar-refractivity contribution in [2.45, 2.75) is 31.0 Å². The van der Waals surface area contributed by atoms with Gasteiger partial charge in [-0.2, -0.15) is 10.1 Å². The predicted molar refractivity (Wildman–Crippen MR) is 315 cm³/mol. The summed E-state index contributed by atoms with van der Waals surface area (Å²) in [5.74, 6) is 4.46. The van der Waals surface area contributed by atoms with Crippen molar-refractivity contribution in [2.75, 3.05) is 16.5 Å². The molecule has 9 heterocycles. The highest BCUT2D eigenvalue weighted by atomic mass is 16.5. The van der Waals surface area contributed by atoms with Gasteiger partial charge < -0.3 is 23.8 Å². The zero-order valence-electron chi connectivity index (χ0n) is 43.2. The van der Waals surface area contributed by atoms with Gasteiger partial charge in [-0.1, -0.05) is 133 Å². The fourth-order valence-corrected chi connectivity index (χ4v) is 13.5. The molecule has 11 heteroatoms. The van der Waals surface area contributed by atoms with Crippen molar-refractivity contribution in [1.29, 1.82) is 0 Å². The molecular weight excluding hydrogens is 989 g/mol. The van der Waals surface area contributed by atoms with Crippen molar-refractivity contribution in [3.8, 4) is 28.3 Å². The van der Waals surface area contributed by atoms with Crippen LogP contribution < -0.4 is 19.7 Å². The highest BCUT2D eigenvalue weighted by Crippen LogP contribution is 2.61. The van der Waals surface area contributed by atoms with Crippen LogP contribution in [0.5, 0.6) is 5.75 Å². The molecule has 3 unspecified atom stereocenters. The normalized spacial score (nSPS) is 18.9. The van der Waals surface area contributed by atoms with Gasteiger partial charge in [-0.25, -0.2) is 9.97 Å². The van der Waals surface area contributed by atoms with Crippen molar-refractivity contribution < 1.29 is 18.9 Å². The summed E-state index contributed by atoms with van der Waals surface area (Å²) in [5.41, 5.74) is 13.9. The average Bonchev–Trinajstić information content (AvgIpc) is 4.58. The lowest BCUT2D eigenvalue weighted by Gasteiger charge is -2.45. The third kappa shape index (κ3) is 6.55. The second-order valence-corrected chi connectivity index (χ2v) is 21.2. The average molecular weight is 1040 g/mol. The molecule has 0 saturated carbocycles. The molecule has 17 rings (SSSR count). The van der Waals surface area contributed by atoms with Crippen LogP contribution in [0.4, 0.5) is 23.0 Å². The summed E-state index contributed by atoms with van der Waals surface area (Å²) in [6.07, 6.45) is 14.3. The summed E-state index contributed by atoms with van der Waals surface area (Å²) >= 11 is 0. The Morgan fingerprint density at radius 3 is 2.35 bits per heavy atom. The molecule has 7 aromatic carbocycles. The first-order valence-electron chi connectivity index (χ1n) is 27.4. The minimum atomic E-state index is -1.31. The number of aromatic amines is 2. The first-order valence-corrected chi connectivity index (χ1v) is 27.4. The van der Waals surface area contributed by atoms with Gasteiger partial charge in [-0.05, 0) is 114 Å². The molecule has 5 aromatic heterocycles. The van der Waals surface area contributed by atoms with Crippen LogP contribution in [-0.2, 0) is 23.2 Å². The molecule has 11 nitrogen and oxygen atoms in total. The summed E-state index contributed by atoms with van der Waals surface area (Å²) in [7, 11) is 0. The molecule has 0 radical (unpaired) electrons. The number of quaternary nitrogens is 1. The Bertz CT molecular complexity index is 4590. The number of nitrogens with zero attached hydrogens (tertiary/aromatic N) is 5. The molecule has 0 spiro atoms. The Balaban J connectivity index is 1.16. The van der Waals surface area contributed by atoms with Crippen LogP contribution in [0.2, 0.25) is 0 Å². The van der Waals surface area contributed by atoms with E-state index in [1.54, 1.807) is 0 Å². The molecule has 3 atom stereocenters. The van der Waals surface area contributed by atoms with E-state index >= 15 is 0 Å². The first-order chi connectivity index (χ1) is 39.7. The summed E-state index contributed by atoms with van der Waals surface area (Å²) in [5, 5.41) is 16.4. The maximum absolute atomic E-state index is 7.60. The van der Waals surface area contributed by atoms with E-state index in [0.717, 1.165) is 146 Å². The number of rotatable bonds is 8. The molecule has 5 aliphatic rings. The van der Waals surface area contributed by atoms with Crippen LogP contribution in [0, 0.1) is 0 Å². The van der Waals surface area contributed by atoms with E-state index in [2.05, 4.69) is 220 Å². The lowest BCUT2D eigenvalue weighted by atomic mass is 9.77. The van der Waals surface area contributed by atoms with Crippen molar-refractivity contribution in [1.82, 2.24) is 25.1 Å². The number of hydrogen-bond donors (Lipinski definition) is 3. The van der Waals surface area contributed by atoms with Gasteiger partial charge in [0, 0.05) is 69.3 Å². The SMILES string of the molecule is C1=CCC2=CC=C(c3c(C4Cc5ccccc5O4)c(-c4cc5ccccc5o4)c(-c4ccc5ccccc5n4)c4c3C(c3cc5ccccc5[nH]3)(N3CCc5ccccc53)N(c3n[nH]c5ccccc35)[NH+]4c3ccccn3)OC2=C1. The predicted octanol–water partition coefficient (Wildman–Crippen LogP) is 14.4. The summed E-state index contributed by atoms with van der Waals surface area (Å²) in [6.45, 7) is 0.650. The second kappa shape index (κ2) is 17.4. The minimum absolute atomic E-state index is 0.546. The minimum Gasteiger partial charge on any atom is -0.485 e. The zero-order chi connectivity index (χ0) is 52.5. The largest absolute Gasteiger partial charge is 0.485 e. The van der Waals surface area contributed by atoms with Crippen LogP contribution in [0.25, 0.3) is 72.0 Å². The Morgan fingerprint density at radius 1 is 0.662 bits per heavy atom. The van der Waals surface area contributed by atoms with Gasteiger partial charge in [0.15, 0.2) is 5.69 Å².